The number of allylic oxidation sites excluding steroid dienone is 5. The Hall–Kier alpha value is -8.40. The molecule has 10 aromatic rings. The van der Waals surface area contributed by atoms with Crippen LogP contribution < -0.4 is 9.80 Å². The summed E-state index contributed by atoms with van der Waals surface area (Å²) in [6, 6.07) is 75.9. The molecule has 68 heavy (non-hydrogen) atoms. The molecule has 0 aliphatic rings. The van der Waals surface area contributed by atoms with Crippen LogP contribution in [0.2, 0.25) is 0 Å². The van der Waals surface area contributed by atoms with Crippen LogP contribution in [0.3, 0.4) is 0 Å². The van der Waals surface area contributed by atoms with Crippen molar-refractivity contribution < 1.29 is 0 Å². The predicted octanol–water partition coefficient (Wildman–Crippen LogP) is 18.6. The lowest BCUT2D eigenvalue weighted by Gasteiger charge is -2.27. The van der Waals surface area contributed by atoms with Gasteiger partial charge in [-0.2, -0.15) is 0 Å². The normalized spacial score (nSPS) is 11.7. The van der Waals surface area contributed by atoms with Crippen LogP contribution in [0.25, 0.3) is 60.9 Å². The third kappa shape index (κ3) is 8.47. The molecule has 1 heterocycles. The van der Waals surface area contributed by atoms with Gasteiger partial charge in [0, 0.05) is 50.6 Å². The van der Waals surface area contributed by atoms with Crippen LogP contribution in [0.5, 0.6) is 0 Å². The van der Waals surface area contributed by atoms with Crippen molar-refractivity contribution in [1.82, 2.24) is 4.57 Å². The van der Waals surface area contributed by atoms with Gasteiger partial charge in [0.2, 0.25) is 0 Å². The monoisotopic (exact) mass is 877 g/mol. The first-order chi connectivity index (χ1) is 33.3. The molecule has 0 aliphatic heterocycles. The molecule has 0 radical (unpaired) electrons. The Morgan fingerprint density at radius 3 is 1.31 bits per heavy atom. The van der Waals surface area contributed by atoms with Crippen LogP contribution in [0.4, 0.5) is 34.1 Å². The average molecular weight is 878 g/mol. The molecule has 0 spiro atoms. The molecule has 0 unspecified atom stereocenters. The largest absolute Gasteiger partial charge is 0.310 e. The van der Waals surface area contributed by atoms with Crippen molar-refractivity contribution in [2.45, 2.75) is 34.6 Å². The number of benzene rings is 9. The van der Waals surface area contributed by atoms with Gasteiger partial charge in [0.25, 0.3) is 0 Å². The summed E-state index contributed by atoms with van der Waals surface area (Å²) in [5, 5.41) is 2.40. The molecule has 330 valence electrons. The molecule has 0 saturated heterocycles. The highest BCUT2D eigenvalue weighted by Crippen LogP contribution is 2.46. The van der Waals surface area contributed by atoms with E-state index in [0.29, 0.717) is 0 Å². The number of hydrogen-bond acceptors (Lipinski definition) is 2. The van der Waals surface area contributed by atoms with Crippen LogP contribution in [-0.4, -0.2) is 4.57 Å². The average Bonchev–Trinajstić information content (AvgIpc) is 3.70. The second-order valence-electron chi connectivity index (χ2n) is 17.7. The van der Waals surface area contributed by atoms with E-state index in [4.69, 9.17) is 0 Å². The fraction of sp³-hybridized carbons (Fsp3) is 0.0769. The minimum atomic E-state index is 1.09. The van der Waals surface area contributed by atoms with E-state index in [1.807, 2.05) is 12.2 Å². The number of aromatic nitrogens is 1. The van der Waals surface area contributed by atoms with E-state index in [9.17, 15) is 0 Å². The van der Waals surface area contributed by atoms with Gasteiger partial charge in [0.05, 0.1) is 11.0 Å². The Balaban J connectivity index is 1.21. The number of anilines is 6. The molecular weight excluding hydrogens is 823 g/mol. The van der Waals surface area contributed by atoms with Gasteiger partial charge < -0.3 is 14.4 Å². The lowest BCUT2D eigenvalue weighted by atomic mass is 9.87. The summed E-state index contributed by atoms with van der Waals surface area (Å²) in [6.07, 6.45) is 8.14. The number of fused-ring (bicyclic) bond motifs is 3. The van der Waals surface area contributed by atoms with Crippen LogP contribution in [0.1, 0.15) is 29.2 Å². The SMILES string of the molecule is C=C/C=C\C(=C/C)n1c2ccccc2c2cc(-c3c(-c4cccc(N(c5ccc(C)cc5)c5ccc(C)cc5)c4)cccc3-c3cccc(N(c4ccc(C)cc4)c4ccc(C)cc4)c3)ccc21. The Morgan fingerprint density at radius 1 is 0.412 bits per heavy atom. The van der Waals surface area contributed by atoms with E-state index in [0.717, 1.165) is 78.7 Å². The molecule has 0 bridgehead atoms. The maximum Gasteiger partial charge on any atom is 0.0541 e. The summed E-state index contributed by atoms with van der Waals surface area (Å²) in [6.45, 7) is 14.6. The molecule has 3 heteroatoms. The van der Waals surface area contributed by atoms with Crippen molar-refractivity contribution in [3.63, 3.8) is 0 Å². The number of para-hydroxylation sites is 1. The highest BCUT2D eigenvalue weighted by Gasteiger charge is 2.21. The van der Waals surface area contributed by atoms with Crippen molar-refractivity contribution in [3.8, 4) is 33.4 Å². The molecule has 0 N–H and O–H groups in total. The molecular formula is C65H55N3. The highest BCUT2D eigenvalue weighted by molar-refractivity contribution is 6.12. The second-order valence-corrected chi connectivity index (χ2v) is 17.7. The van der Waals surface area contributed by atoms with Crippen molar-refractivity contribution in [2.75, 3.05) is 9.80 Å². The third-order valence-corrected chi connectivity index (χ3v) is 13.0. The Kier molecular flexibility index (Phi) is 12.0. The molecule has 0 fully saturated rings. The van der Waals surface area contributed by atoms with Crippen LogP contribution in [-0.2, 0) is 0 Å². The summed E-state index contributed by atoms with van der Waals surface area (Å²) >= 11 is 0. The van der Waals surface area contributed by atoms with E-state index in [1.54, 1.807) is 0 Å². The summed E-state index contributed by atoms with van der Waals surface area (Å²) in [4.78, 5) is 4.72. The lowest BCUT2D eigenvalue weighted by Crippen LogP contribution is -2.10. The van der Waals surface area contributed by atoms with Gasteiger partial charge in [-0.15, -0.1) is 0 Å². The fourth-order valence-electron chi connectivity index (χ4n) is 9.51. The van der Waals surface area contributed by atoms with Gasteiger partial charge in [-0.3, -0.25) is 0 Å². The number of rotatable bonds is 12. The zero-order valence-electron chi connectivity index (χ0n) is 39.5. The van der Waals surface area contributed by atoms with Crippen molar-refractivity contribution in [1.29, 1.82) is 0 Å². The summed E-state index contributed by atoms with van der Waals surface area (Å²) in [5.74, 6) is 0. The van der Waals surface area contributed by atoms with Gasteiger partial charge in [0.1, 0.15) is 0 Å². The van der Waals surface area contributed by atoms with Crippen LogP contribution >= 0.6 is 0 Å². The minimum Gasteiger partial charge on any atom is -0.310 e. The van der Waals surface area contributed by atoms with E-state index in [1.165, 1.54) is 38.6 Å². The number of nitrogens with zero attached hydrogens (tertiary/aromatic N) is 3. The third-order valence-electron chi connectivity index (χ3n) is 13.0. The van der Waals surface area contributed by atoms with E-state index >= 15 is 0 Å². The Labute approximate surface area is 401 Å². The molecule has 3 nitrogen and oxygen atoms in total. The Bertz CT molecular complexity index is 3250. The zero-order chi connectivity index (χ0) is 46.7. The molecule has 0 saturated carbocycles. The van der Waals surface area contributed by atoms with Crippen molar-refractivity contribution in [2.24, 2.45) is 0 Å². The van der Waals surface area contributed by atoms with E-state index < -0.39 is 0 Å². The molecule has 0 aliphatic carbocycles. The number of aryl methyl sites for hydroxylation is 4. The minimum absolute atomic E-state index is 1.09. The van der Waals surface area contributed by atoms with Crippen LogP contribution in [0, 0.1) is 27.7 Å². The van der Waals surface area contributed by atoms with Gasteiger partial charge in [-0.05, 0) is 165 Å². The standard InChI is InChI=1S/C65H55N3/c1-7-9-17-52(8-2)68-63-23-11-10-20-61(63)62-44-51(32-41-64(62)68)65-59(49-15-12-18-57(42-49)66(53-33-24-45(3)25-34-53)54-35-26-46(4)27-36-54)21-14-22-60(65)50-16-13-19-58(43-50)67(55-37-28-47(5)29-38-55)56-39-30-48(6)31-40-56/h7-44H,1H2,2-6H3/b17-9-,52-8+. The van der Waals surface area contributed by atoms with Gasteiger partial charge in [-0.25, -0.2) is 0 Å². The van der Waals surface area contributed by atoms with Crippen molar-refractivity contribution >= 4 is 61.6 Å². The first kappa shape index (κ1) is 43.5. The second kappa shape index (κ2) is 18.8. The lowest BCUT2D eigenvalue weighted by molar-refractivity contribution is 1.23. The van der Waals surface area contributed by atoms with Crippen LogP contribution in [0.15, 0.2) is 237 Å². The molecule has 1 aromatic heterocycles. The highest BCUT2D eigenvalue weighted by atomic mass is 15.1. The van der Waals surface area contributed by atoms with Crippen molar-refractivity contribution in [3.05, 3.63) is 259 Å². The first-order valence-corrected chi connectivity index (χ1v) is 23.5. The van der Waals surface area contributed by atoms with Gasteiger partial charge in [-0.1, -0.05) is 162 Å². The maximum atomic E-state index is 3.96. The topological polar surface area (TPSA) is 11.4 Å². The quantitative estimate of drug-likeness (QED) is 0.113. The van der Waals surface area contributed by atoms with Gasteiger partial charge in [0.15, 0.2) is 0 Å². The fourth-order valence-corrected chi connectivity index (χ4v) is 9.51. The maximum absolute atomic E-state index is 3.96. The first-order valence-electron chi connectivity index (χ1n) is 23.5. The molecule has 0 atom stereocenters. The van der Waals surface area contributed by atoms with E-state index in [2.05, 4.69) is 274 Å². The summed E-state index contributed by atoms with van der Waals surface area (Å²) in [5.41, 5.74) is 21.8. The predicted molar refractivity (Wildman–Crippen MR) is 293 cm³/mol. The molecule has 9 aromatic carbocycles. The summed E-state index contributed by atoms with van der Waals surface area (Å²) < 4.78 is 2.36. The Morgan fingerprint density at radius 2 is 0.853 bits per heavy atom. The van der Waals surface area contributed by atoms with Gasteiger partial charge >= 0.3 is 0 Å². The smallest absolute Gasteiger partial charge is 0.0541 e. The summed E-state index contributed by atoms with van der Waals surface area (Å²) in [7, 11) is 0. The van der Waals surface area contributed by atoms with E-state index in [-0.39, 0.29) is 0 Å². The molecule has 0 amide bonds. The zero-order valence-corrected chi connectivity index (χ0v) is 39.5. The molecule has 10 rings (SSSR count). The number of hydrogen-bond donors (Lipinski definition) is 0.